The van der Waals surface area contributed by atoms with E-state index in [-0.39, 0.29) is 0 Å². The van der Waals surface area contributed by atoms with Crippen molar-refractivity contribution in [3.63, 3.8) is 0 Å². The van der Waals surface area contributed by atoms with Gasteiger partial charge in [0.05, 0.1) is 31.8 Å². The van der Waals surface area contributed by atoms with Gasteiger partial charge < -0.3 is 9.97 Å². The van der Waals surface area contributed by atoms with Crippen LogP contribution in [0.15, 0.2) is 42.9 Å². The average molecular weight is 427 g/mol. The molecule has 0 unspecified atom stereocenters. The van der Waals surface area contributed by atoms with Crippen LogP contribution in [0.2, 0.25) is 0 Å². The zero-order valence-corrected chi connectivity index (χ0v) is 18.6. The van der Waals surface area contributed by atoms with Crippen LogP contribution in [0, 0.1) is 13.8 Å². The van der Waals surface area contributed by atoms with Crippen LogP contribution >= 0.6 is 11.3 Å². The maximum Gasteiger partial charge on any atom is 0.158 e. The van der Waals surface area contributed by atoms with Gasteiger partial charge in [0, 0.05) is 11.8 Å². The number of hydrogen-bond acceptors (Lipinski definition) is 4. The van der Waals surface area contributed by atoms with Crippen LogP contribution in [0.4, 0.5) is 0 Å². The highest BCUT2D eigenvalue weighted by Crippen LogP contribution is 2.43. The number of hydrogen-bond donors (Lipinski definition) is 2. The molecule has 0 radical (unpaired) electrons. The van der Waals surface area contributed by atoms with Crippen LogP contribution in [0.1, 0.15) is 36.5 Å². The fraction of sp³-hybridized carbons (Fsp3) is 0.208. The molecule has 6 rings (SSSR count). The molecule has 31 heavy (non-hydrogen) atoms. The van der Waals surface area contributed by atoms with E-state index in [9.17, 15) is 0 Å². The second kappa shape index (κ2) is 6.52. The first-order valence-electron chi connectivity index (χ1n) is 10.4. The number of thiophene rings is 1. The van der Waals surface area contributed by atoms with Gasteiger partial charge in [0.2, 0.25) is 0 Å². The van der Waals surface area contributed by atoms with Gasteiger partial charge in [-0.2, -0.15) is 5.10 Å². The largest absolute Gasteiger partial charge is 0.354 e. The number of nitrogens with zero attached hydrogens (tertiary/aromatic N) is 4. The van der Waals surface area contributed by atoms with E-state index in [1.165, 1.54) is 27.1 Å². The molecular weight excluding hydrogens is 404 g/mol. The molecule has 0 bridgehead atoms. The summed E-state index contributed by atoms with van der Waals surface area (Å²) in [5, 5.41) is 4.38. The Morgan fingerprint density at radius 3 is 2.68 bits per heavy atom. The zero-order chi connectivity index (χ0) is 21.3. The molecule has 2 N–H and O–H groups in total. The van der Waals surface area contributed by atoms with Crippen molar-refractivity contribution >= 4 is 38.2 Å². The summed E-state index contributed by atoms with van der Waals surface area (Å²) in [6.45, 7) is 8.78. The average Bonchev–Trinajstić information content (AvgIpc) is 3.51. The van der Waals surface area contributed by atoms with Crippen LogP contribution in [0.5, 0.6) is 0 Å². The lowest BCUT2D eigenvalue weighted by Crippen LogP contribution is -1.99. The number of para-hydroxylation sites is 2. The third kappa shape index (κ3) is 2.66. The summed E-state index contributed by atoms with van der Waals surface area (Å²) in [5.41, 5.74) is 10.2. The third-order valence-electron chi connectivity index (χ3n) is 6.10. The number of pyridine rings is 1. The third-order valence-corrected chi connectivity index (χ3v) is 7.28. The number of fused-ring (bicyclic) bond motifs is 3. The Labute approximate surface area is 183 Å². The van der Waals surface area contributed by atoms with Crippen LogP contribution in [-0.2, 0) is 0 Å². The summed E-state index contributed by atoms with van der Waals surface area (Å²) in [5.74, 6) is 1.29. The van der Waals surface area contributed by atoms with Crippen LogP contribution in [0.3, 0.4) is 0 Å². The number of rotatable bonds is 3. The minimum Gasteiger partial charge on any atom is -0.354 e. The van der Waals surface area contributed by atoms with Crippen molar-refractivity contribution in [2.75, 3.05) is 0 Å². The zero-order valence-electron chi connectivity index (χ0n) is 17.8. The van der Waals surface area contributed by atoms with E-state index in [1.807, 2.05) is 22.7 Å². The van der Waals surface area contributed by atoms with Gasteiger partial charge in [-0.1, -0.05) is 26.0 Å². The van der Waals surface area contributed by atoms with Crippen molar-refractivity contribution in [3.8, 4) is 22.0 Å². The van der Waals surface area contributed by atoms with Gasteiger partial charge in [0.1, 0.15) is 12.2 Å². The standard InChI is InChI=1S/C24H22N6S/c1-12(2)20-21(15-10-30-24(25-11-26-30)14(4)13(15)3)27-18-9-19(31-22(18)20)23-28-16-7-5-6-8-17(16)29-23/h5-12,27H,1-4H3,(H,28,29). The van der Waals surface area contributed by atoms with Crippen LogP contribution in [0.25, 0.3) is 48.9 Å². The molecule has 0 saturated heterocycles. The molecule has 0 atom stereocenters. The number of imidazole rings is 1. The molecule has 0 aliphatic carbocycles. The van der Waals surface area contributed by atoms with E-state index in [2.05, 4.69) is 66.1 Å². The Morgan fingerprint density at radius 2 is 1.87 bits per heavy atom. The molecule has 0 fully saturated rings. The van der Waals surface area contributed by atoms with Crippen molar-refractivity contribution in [2.45, 2.75) is 33.6 Å². The molecule has 6 nitrogen and oxygen atoms in total. The van der Waals surface area contributed by atoms with Gasteiger partial charge in [-0.3, -0.25) is 0 Å². The molecule has 154 valence electrons. The number of aromatic amines is 2. The number of benzene rings is 1. The van der Waals surface area contributed by atoms with E-state index >= 15 is 0 Å². The Bertz CT molecular complexity index is 1560. The fourth-order valence-corrected chi connectivity index (χ4v) is 5.66. The lowest BCUT2D eigenvalue weighted by atomic mass is 9.96. The predicted octanol–water partition coefficient (Wildman–Crippen LogP) is 6.22. The maximum atomic E-state index is 4.79. The first-order chi connectivity index (χ1) is 15.0. The summed E-state index contributed by atoms with van der Waals surface area (Å²) >= 11 is 1.79. The summed E-state index contributed by atoms with van der Waals surface area (Å²) in [7, 11) is 0. The second-order valence-electron chi connectivity index (χ2n) is 8.35. The lowest BCUT2D eigenvalue weighted by molar-refractivity contribution is 0.877. The molecule has 0 aliphatic rings. The second-order valence-corrected chi connectivity index (χ2v) is 9.40. The minimum atomic E-state index is 0.372. The van der Waals surface area contributed by atoms with Gasteiger partial charge in [-0.05, 0) is 54.7 Å². The monoisotopic (exact) mass is 426 g/mol. The van der Waals surface area contributed by atoms with E-state index in [4.69, 9.17) is 4.98 Å². The summed E-state index contributed by atoms with van der Waals surface area (Å²) in [6.07, 6.45) is 3.70. The molecule has 0 spiro atoms. The number of H-pyrrole nitrogens is 2. The van der Waals surface area contributed by atoms with E-state index in [0.29, 0.717) is 5.92 Å². The van der Waals surface area contributed by atoms with Gasteiger partial charge in [-0.25, -0.2) is 14.5 Å². The molecule has 0 amide bonds. The molecule has 5 heterocycles. The molecule has 6 aromatic rings. The first-order valence-corrected chi connectivity index (χ1v) is 11.2. The molecule has 0 saturated carbocycles. The lowest BCUT2D eigenvalue weighted by Gasteiger charge is -2.13. The number of nitrogens with one attached hydrogen (secondary N) is 2. The van der Waals surface area contributed by atoms with Crippen molar-refractivity contribution in [1.29, 1.82) is 0 Å². The van der Waals surface area contributed by atoms with Crippen molar-refractivity contribution < 1.29 is 0 Å². The first kappa shape index (κ1) is 18.3. The quantitative estimate of drug-likeness (QED) is 0.353. The molecule has 0 aliphatic heterocycles. The number of aryl methyl sites for hydroxylation is 1. The predicted molar refractivity (Wildman–Crippen MR) is 127 cm³/mol. The van der Waals surface area contributed by atoms with Gasteiger partial charge >= 0.3 is 0 Å². The SMILES string of the molecule is Cc1c(-c2[nH]c3cc(-c4nc5ccccc5[nH]4)sc3c2C(C)C)cn2ncnc2c1C. The Morgan fingerprint density at radius 1 is 1.03 bits per heavy atom. The van der Waals surface area contributed by atoms with Gasteiger partial charge in [-0.15, -0.1) is 11.3 Å². The van der Waals surface area contributed by atoms with E-state index in [0.717, 1.165) is 38.5 Å². The summed E-state index contributed by atoms with van der Waals surface area (Å²) in [4.78, 5) is 17.5. The minimum absolute atomic E-state index is 0.372. The molecular formula is C24H22N6S. The Hall–Kier alpha value is -3.45. The van der Waals surface area contributed by atoms with E-state index in [1.54, 1.807) is 17.7 Å². The fourth-order valence-electron chi connectivity index (χ4n) is 4.40. The normalized spacial score (nSPS) is 12.2. The highest BCUT2D eigenvalue weighted by molar-refractivity contribution is 7.22. The highest BCUT2D eigenvalue weighted by Gasteiger charge is 2.22. The van der Waals surface area contributed by atoms with Crippen molar-refractivity contribution in [3.05, 3.63) is 59.5 Å². The maximum absolute atomic E-state index is 4.79. The molecule has 7 heteroatoms. The van der Waals surface area contributed by atoms with Crippen molar-refractivity contribution in [2.24, 2.45) is 0 Å². The van der Waals surface area contributed by atoms with Gasteiger partial charge in [0.25, 0.3) is 0 Å². The number of aromatic nitrogens is 6. The van der Waals surface area contributed by atoms with Crippen LogP contribution in [-0.4, -0.2) is 29.5 Å². The Kier molecular flexibility index (Phi) is 3.86. The molecule has 1 aromatic carbocycles. The smallest absolute Gasteiger partial charge is 0.158 e. The Balaban J connectivity index is 1.56. The topological polar surface area (TPSA) is 74.7 Å². The molecule has 5 aromatic heterocycles. The summed E-state index contributed by atoms with van der Waals surface area (Å²) in [6, 6.07) is 10.4. The van der Waals surface area contributed by atoms with Gasteiger partial charge in [0.15, 0.2) is 5.65 Å². The highest BCUT2D eigenvalue weighted by atomic mass is 32.1. The van der Waals surface area contributed by atoms with Crippen molar-refractivity contribution in [1.82, 2.24) is 29.5 Å². The summed E-state index contributed by atoms with van der Waals surface area (Å²) < 4.78 is 3.16. The van der Waals surface area contributed by atoms with E-state index < -0.39 is 0 Å². The van der Waals surface area contributed by atoms with Crippen LogP contribution < -0.4 is 0 Å².